The lowest BCUT2D eigenvalue weighted by Gasteiger charge is -2.06. The minimum Gasteiger partial charge on any atom is -0.450 e. The highest BCUT2D eigenvalue weighted by Crippen LogP contribution is 2.35. The smallest absolute Gasteiger partial charge is 0.334 e. The highest BCUT2D eigenvalue weighted by Gasteiger charge is 2.19. The average Bonchev–Trinajstić information content (AvgIpc) is 2.30. The molecule has 0 aliphatic carbocycles. The summed E-state index contributed by atoms with van der Waals surface area (Å²) in [6.45, 7) is 0. The van der Waals surface area contributed by atoms with Gasteiger partial charge in [0.15, 0.2) is 0 Å². The van der Waals surface area contributed by atoms with Gasteiger partial charge in [0.25, 0.3) is 0 Å². The molecule has 0 aliphatic rings. The van der Waals surface area contributed by atoms with Crippen molar-refractivity contribution in [2.24, 2.45) is 0 Å². The van der Waals surface area contributed by atoms with Crippen LogP contribution in [0.2, 0.25) is 0 Å². The second-order valence-corrected chi connectivity index (χ2v) is 3.37. The number of nitro groups is 1. The lowest BCUT2D eigenvalue weighted by molar-refractivity contribution is -0.384. The van der Waals surface area contributed by atoms with E-state index in [4.69, 9.17) is 10.5 Å². The van der Waals surface area contributed by atoms with Crippen molar-refractivity contribution in [3.8, 4) is 11.5 Å². The topological polar surface area (TPSA) is 78.4 Å². The molecule has 0 atom stereocenters. The van der Waals surface area contributed by atoms with Crippen LogP contribution < -0.4 is 10.5 Å². The number of rotatable bonds is 3. The summed E-state index contributed by atoms with van der Waals surface area (Å²) in [5.74, 6) is 0.669. The van der Waals surface area contributed by atoms with E-state index in [1.165, 1.54) is 12.1 Å². The summed E-state index contributed by atoms with van der Waals surface area (Å²) < 4.78 is 5.43. The maximum Gasteiger partial charge on any atom is 0.334 e. The van der Waals surface area contributed by atoms with E-state index in [1.807, 2.05) is 6.07 Å². The van der Waals surface area contributed by atoms with Crippen LogP contribution in [-0.4, -0.2) is 4.92 Å². The molecule has 5 nitrogen and oxygen atoms in total. The average molecular weight is 230 g/mol. The highest BCUT2D eigenvalue weighted by molar-refractivity contribution is 5.66. The fourth-order valence-electron chi connectivity index (χ4n) is 1.43. The van der Waals surface area contributed by atoms with Crippen molar-refractivity contribution in [2.45, 2.75) is 0 Å². The lowest BCUT2D eigenvalue weighted by atomic mass is 10.2. The van der Waals surface area contributed by atoms with Crippen LogP contribution in [0.5, 0.6) is 11.5 Å². The Kier molecular flexibility index (Phi) is 2.91. The standard InChI is InChI=1S/C12H10N2O3/c13-10-7-4-8-11(12(10)14(15)16)17-9-5-2-1-3-6-9/h1-8H,13H2. The van der Waals surface area contributed by atoms with Gasteiger partial charge < -0.3 is 10.5 Å². The number of ether oxygens (including phenoxy) is 1. The molecule has 0 aliphatic heterocycles. The Morgan fingerprint density at radius 1 is 1.06 bits per heavy atom. The number of nitrogen functional groups attached to an aromatic ring is 1. The molecular weight excluding hydrogens is 220 g/mol. The first-order chi connectivity index (χ1) is 8.18. The Morgan fingerprint density at radius 3 is 2.41 bits per heavy atom. The third-order valence-electron chi connectivity index (χ3n) is 2.18. The van der Waals surface area contributed by atoms with Crippen molar-refractivity contribution in [3.63, 3.8) is 0 Å². The lowest BCUT2D eigenvalue weighted by Crippen LogP contribution is -1.98. The van der Waals surface area contributed by atoms with E-state index in [0.717, 1.165) is 0 Å². The van der Waals surface area contributed by atoms with E-state index in [2.05, 4.69) is 0 Å². The fraction of sp³-hybridized carbons (Fsp3) is 0. The number of hydrogen-bond donors (Lipinski definition) is 1. The van der Waals surface area contributed by atoms with Crippen LogP contribution in [0.1, 0.15) is 0 Å². The zero-order valence-corrected chi connectivity index (χ0v) is 8.87. The van der Waals surface area contributed by atoms with Crippen LogP contribution in [0.15, 0.2) is 48.5 Å². The largest absolute Gasteiger partial charge is 0.450 e. The normalized spacial score (nSPS) is 9.88. The molecule has 2 rings (SSSR count). The van der Waals surface area contributed by atoms with Crippen molar-refractivity contribution in [1.29, 1.82) is 0 Å². The molecule has 0 bridgehead atoms. The van der Waals surface area contributed by atoms with Crippen LogP contribution in [0, 0.1) is 10.1 Å². The van der Waals surface area contributed by atoms with Gasteiger partial charge in [0.1, 0.15) is 11.4 Å². The second kappa shape index (κ2) is 4.52. The summed E-state index contributed by atoms with van der Waals surface area (Å²) in [6, 6.07) is 13.4. The SMILES string of the molecule is Nc1cccc(Oc2ccccc2)c1[N+](=O)[O-]. The zero-order chi connectivity index (χ0) is 12.3. The Bertz CT molecular complexity index is 541. The van der Waals surface area contributed by atoms with Gasteiger partial charge in [-0.15, -0.1) is 0 Å². The number of para-hydroxylation sites is 2. The second-order valence-electron chi connectivity index (χ2n) is 3.37. The highest BCUT2D eigenvalue weighted by atomic mass is 16.6. The molecule has 2 aromatic carbocycles. The monoisotopic (exact) mass is 230 g/mol. The van der Waals surface area contributed by atoms with E-state index in [0.29, 0.717) is 5.75 Å². The zero-order valence-electron chi connectivity index (χ0n) is 8.87. The Morgan fingerprint density at radius 2 is 1.76 bits per heavy atom. The van der Waals surface area contributed by atoms with Crippen LogP contribution in [0.3, 0.4) is 0 Å². The van der Waals surface area contributed by atoms with Gasteiger partial charge in [-0.3, -0.25) is 10.1 Å². The molecule has 2 N–H and O–H groups in total. The Hall–Kier alpha value is -2.56. The van der Waals surface area contributed by atoms with Gasteiger partial charge in [0.05, 0.1) is 4.92 Å². The Labute approximate surface area is 97.6 Å². The van der Waals surface area contributed by atoms with Gasteiger partial charge in [-0.05, 0) is 24.3 Å². The van der Waals surface area contributed by atoms with Crippen molar-refractivity contribution in [1.82, 2.24) is 0 Å². The summed E-state index contributed by atoms with van der Waals surface area (Å²) in [5.41, 5.74) is 5.43. The minimum absolute atomic E-state index is 0.0865. The van der Waals surface area contributed by atoms with Gasteiger partial charge >= 0.3 is 5.69 Å². The molecule has 0 spiro atoms. The molecule has 0 radical (unpaired) electrons. The van der Waals surface area contributed by atoms with Crippen molar-refractivity contribution in [3.05, 3.63) is 58.6 Å². The van der Waals surface area contributed by atoms with Crippen molar-refractivity contribution < 1.29 is 9.66 Å². The van der Waals surface area contributed by atoms with E-state index in [-0.39, 0.29) is 17.1 Å². The van der Waals surface area contributed by atoms with Gasteiger partial charge in [-0.1, -0.05) is 24.3 Å². The number of nitrogens with zero attached hydrogens (tertiary/aromatic N) is 1. The number of hydrogen-bond acceptors (Lipinski definition) is 4. The van der Waals surface area contributed by atoms with E-state index >= 15 is 0 Å². The van der Waals surface area contributed by atoms with E-state index in [9.17, 15) is 10.1 Å². The van der Waals surface area contributed by atoms with Gasteiger partial charge in [0.2, 0.25) is 5.75 Å². The predicted octanol–water partition coefficient (Wildman–Crippen LogP) is 2.97. The molecule has 2 aromatic rings. The van der Waals surface area contributed by atoms with Crippen molar-refractivity contribution >= 4 is 11.4 Å². The fourth-order valence-corrected chi connectivity index (χ4v) is 1.43. The minimum atomic E-state index is -0.548. The third-order valence-corrected chi connectivity index (χ3v) is 2.18. The van der Waals surface area contributed by atoms with Crippen LogP contribution >= 0.6 is 0 Å². The molecule has 0 aromatic heterocycles. The van der Waals surface area contributed by atoms with Crippen LogP contribution in [0.25, 0.3) is 0 Å². The summed E-state index contributed by atoms with van der Waals surface area (Å²) in [4.78, 5) is 10.3. The Balaban J connectivity index is 2.40. The molecule has 17 heavy (non-hydrogen) atoms. The van der Waals surface area contributed by atoms with E-state index < -0.39 is 4.92 Å². The molecular formula is C12H10N2O3. The molecule has 0 saturated heterocycles. The summed E-state index contributed by atoms with van der Waals surface area (Å²) in [5, 5.41) is 10.9. The maximum absolute atomic E-state index is 10.9. The predicted molar refractivity (Wildman–Crippen MR) is 64.0 cm³/mol. The molecule has 0 heterocycles. The first kappa shape index (κ1) is 10.9. The van der Waals surface area contributed by atoms with Crippen LogP contribution in [0.4, 0.5) is 11.4 Å². The maximum atomic E-state index is 10.9. The third kappa shape index (κ3) is 2.34. The summed E-state index contributed by atoms with van der Waals surface area (Å²) >= 11 is 0. The molecule has 0 unspecified atom stereocenters. The molecule has 0 saturated carbocycles. The van der Waals surface area contributed by atoms with Gasteiger partial charge in [0, 0.05) is 0 Å². The molecule has 86 valence electrons. The number of nitrogens with two attached hydrogens (primary N) is 1. The first-order valence-corrected chi connectivity index (χ1v) is 4.94. The first-order valence-electron chi connectivity index (χ1n) is 4.94. The number of benzene rings is 2. The van der Waals surface area contributed by atoms with Gasteiger partial charge in [-0.25, -0.2) is 0 Å². The van der Waals surface area contributed by atoms with Gasteiger partial charge in [-0.2, -0.15) is 0 Å². The quantitative estimate of drug-likeness (QED) is 0.499. The number of anilines is 1. The van der Waals surface area contributed by atoms with Crippen LogP contribution in [-0.2, 0) is 0 Å². The molecule has 0 amide bonds. The molecule has 0 fully saturated rings. The summed E-state index contributed by atoms with van der Waals surface area (Å²) in [6.07, 6.45) is 0. The van der Waals surface area contributed by atoms with Crippen molar-refractivity contribution in [2.75, 3.05) is 5.73 Å². The van der Waals surface area contributed by atoms with E-state index in [1.54, 1.807) is 30.3 Å². The molecule has 5 heteroatoms. The summed E-state index contributed by atoms with van der Waals surface area (Å²) in [7, 11) is 0. The number of nitro benzene ring substituents is 1.